The summed E-state index contributed by atoms with van der Waals surface area (Å²) in [5.41, 5.74) is 1.91. The molecule has 2 fully saturated rings. The highest BCUT2D eigenvalue weighted by Crippen LogP contribution is 2.37. The molecule has 0 radical (unpaired) electrons. The molecule has 16 heteroatoms. The van der Waals surface area contributed by atoms with Crippen LogP contribution in [0.25, 0.3) is 0 Å². The molecule has 0 spiro atoms. The number of aromatic nitrogens is 1. The molecule has 0 unspecified atom stereocenters. The van der Waals surface area contributed by atoms with Gasteiger partial charge < -0.3 is 19.9 Å². The SMILES string of the molecule is COC(=O)C1=C(CN2CCN3C(=O)N(CC#Cc4ccc(S(=O)(=O)N(C)C)cc4)C[C@@H]3C2)NC(c2nccs2)=N[C@H]1c1ccc(F)cc1Cl. The first-order valence-corrected chi connectivity index (χ1v) is 18.0. The summed E-state index contributed by atoms with van der Waals surface area (Å²) in [6.45, 7) is 2.59. The second-order valence-electron chi connectivity index (χ2n) is 11.8. The third-order valence-corrected chi connectivity index (χ3v) is 11.4. The fraction of sp³-hybridized carbons (Fsp3) is 0.333. The number of rotatable bonds is 8. The Morgan fingerprint density at radius 1 is 1.18 bits per heavy atom. The number of ether oxygens (including phenoxy) is 1. The molecule has 1 N–H and O–H groups in total. The molecule has 0 saturated carbocycles. The zero-order valence-electron chi connectivity index (χ0n) is 26.9. The minimum atomic E-state index is -3.53. The zero-order valence-corrected chi connectivity index (χ0v) is 29.3. The molecular weight excluding hydrogens is 693 g/mol. The maximum atomic E-state index is 14.0. The molecule has 6 rings (SSSR count). The van der Waals surface area contributed by atoms with Crippen molar-refractivity contribution in [2.24, 2.45) is 4.99 Å². The number of nitrogens with one attached hydrogen (secondary N) is 1. The van der Waals surface area contributed by atoms with Gasteiger partial charge in [-0.2, -0.15) is 0 Å². The van der Waals surface area contributed by atoms with E-state index in [0.717, 1.165) is 4.31 Å². The normalized spacial score (nSPS) is 19.7. The van der Waals surface area contributed by atoms with E-state index in [-0.39, 0.29) is 34.1 Å². The van der Waals surface area contributed by atoms with Crippen LogP contribution in [0.1, 0.15) is 22.2 Å². The summed E-state index contributed by atoms with van der Waals surface area (Å²) >= 11 is 7.86. The highest BCUT2D eigenvalue weighted by atomic mass is 35.5. The molecule has 3 aromatic rings. The molecule has 0 bridgehead atoms. The molecule has 3 aliphatic rings. The number of aliphatic imine (C=N–C) groups is 1. The molecule has 2 aromatic carbocycles. The van der Waals surface area contributed by atoms with Gasteiger partial charge in [0.15, 0.2) is 10.8 Å². The second-order valence-corrected chi connectivity index (χ2v) is 15.2. The van der Waals surface area contributed by atoms with Crippen molar-refractivity contribution in [1.82, 2.24) is 29.3 Å². The maximum Gasteiger partial charge on any atom is 0.338 e. The summed E-state index contributed by atoms with van der Waals surface area (Å²) in [5, 5.41) is 5.87. The summed E-state index contributed by atoms with van der Waals surface area (Å²) in [7, 11) is 0.709. The Hall–Kier alpha value is -4.33. The Morgan fingerprint density at radius 2 is 1.96 bits per heavy atom. The predicted octanol–water partition coefficient (Wildman–Crippen LogP) is 3.18. The van der Waals surface area contributed by atoms with Crippen LogP contribution in [0.4, 0.5) is 9.18 Å². The smallest absolute Gasteiger partial charge is 0.338 e. The number of fused-ring (bicyclic) bond motifs is 1. The number of amidine groups is 1. The molecule has 0 aliphatic carbocycles. The number of nitrogens with zero attached hydrogens (tertiary/aromatic N) is 6. The van der Waals surface area contributed by atoms with E-state index in [2.05, 4.69) is 27.0 Å². The number of piperazine rings is 1. The lowest BCUT2D eigenvalue weighted by Crippen LogP contribution is -2.53. The molecular formula is C33H33ClFN7O5S2. The van der Waals surface area contributed by atoms with Gasteiger partial charge in [0.05, 0.1) is 30.2 Å². The van der Waals surface area contributed by atoms with Crippen LogP contribution in [-0.2, 0) is 19.6 Å². The van der Waals surface area contributed by atoms with Gasteiger partial charge in [0.2, 0.25) is 10.0 Å². The van der Waals surface area contributed by atoms with Crippen LogP contribution in [0.2, 0.25) is 5.02 Å². The summed E-state index contributed by atoms with van der Waals surface area (Å²) in [4.78, 5) is 41.6. The van der Waals surface area contributed by atoms with Crippen LogP contribution in [-0.4, -0.2) is 117 Å². The molecule has 2 atom stereocenters. The van der Waals surface area contributed by atoms with Crippen molar-refractivity contribution in [2.75, 3.05) is 60.5 Å². The van der Waals surface area contributed by atoms with E-state index in [1.807, 2.05) is 10.3 Å². The number of sulfonamides is 1. The van der Waals surface area contributed by atoms with E-state index in [0.29, 0.717) is 60.4 Å². The molecule has 3 aliphatic heterocycles. The lowest BCUT2D eigenvalue weighted by molar-refractivity contribution is -0.136. The Labute approximate surface area is 292 Å². The van der Waals surface area contributed by atoms with Gasteiger partial charge in [-0.05, 0) is 36.4 Å². The van der Waals surface area contributed by atoms with Crippen molar-refractivity contribution in [3.8, 4) is 11.8 Å². The van der Waals surface area contributed by atoms with Gasteiger partial charge >= 0.3 is 12.0 Å². The zero-order chi connectivity index (χ0) is 34.9. The number of esters is 1. The number of urea groups is 1. The van der Waals surface area contributed by atoms with Crippen LogP contribution in [0.5, 0.6) is 0 Å². The van der Waals surface area contributed by atoms with E-state index in [4.69, 9.17) is 21.3 Å². The molecule has 256 valence electrons. The fourth-order valence-corrected chi connectivity index (χ4v) is 7.73. The minimum absolute atomic E-state index is 0.0964. The third kappa shape index (κ3) is 7.19. The van der Waals surface area contributed by atoms with E-state index in [1.54, 1.807) is 23.2 Å². The molecule has 2 saturated heterocycles. The monoisotopic (exact) mass is 725 g/mol. The first kappa shape index (κ1) is 34.5. The van der Waals surface area contributed by atoms with Gasteiger partial charge in [0.1, 0.15) is 11.9 Å². The van der Waals surface area contributed by atoms with Crippen molar-refractivity contribution in [2.45, 2.75) is 17.0 Å². The predicted molar refractivity (Wildman–Crippen MR) is 183 cm³/mol. The van der Waals surface area contributed by atoms with E-state index in [9.17, 15) is 22.4 Å². The number of benzene rings is 2. The quantitative estimate of drug-likeness (QED) is 0.277. The summed E-state index contributed by atoms with van der Waals surface area (Å²) in [6.07, 6.45) is 1.66. The molecule has 2 amide bonds. The van der Waals surface area contributed by atoms with Gasteiger partial charge in [-0.1, -0.05) is 29.5 Å². The summed E-state index contributed by atoms with van der Waals surface area (Å²) in [5.74, 6) is 5.42. The third-order valence-electron chi connectivity index (χ3n) is 8.45. The first-order chi connectivity index (χ1) is 23.5. The standard InChI is InChI=1S/C33H33ClFN7O5S2/c1-39(2)49(45,46)24-9-6-21(7-10-24)5-4-13-41-19-23-18-40(14-15-42(23)33(41)44)20-27-28(32(43)47-3)29(25-11-8-22(35)17-26(25)34)38-30(37-27)31-36-12-16-48-31/h6-12,16-17,23,29H,13-15,18-20H2,1-3H3,(H,37,38)/t23-,29-/m0/s1. The van der Waals surface area contributed by atoms with Gasteiger partial charge in [-0.25, -0.2) is 31.7 Å². The Kier molecular flexibility index (Phi) is 10.0. The number of amides is 2. The Bertz CT molecular complexity index is 1990. The van der Waals surface area contributed by atoms with Gasteiger partial charge in [-0.3, -0.25) is 9.89 Å². The highest BCUT2D eigenvalue weighted by Gasteiger charge is 2.41. The maximum absolute atomic E-state index is 14.0. The first-order valence-electron chi connectivity index (χ1n) is 15.3. The highest BCUT2D eigenvalue weighted by molar-refractivity contribution is 7.89. The van der Waals surface area contributed by atoms with Crippen molar-refractivity contribution in [1.29, 1.82) is 0 Å². The molecule has 12 nitrogen and oxygen atoms in total. The van der Waals surface area contributed by atoms with Crippen LogP contribution in [0.15, 0.2) is 75.2 Å². The van der Waals surface area contributed by atoms with Crippen LogP contribution in [0, 0.1) is 17.7 Å². The number of hydrogen-bond donors (Lipinski definition) is 1. The number of carbonyl (C=O) groups is 2. The van der Waals surface area contributed by atoms with Crippen molar-refractivity contribution < 1.29 is 27.1 Å². The number of halogens is 2. The number of carbonyl (C=O) groups excluding carboxylic acids is 2. The van der Waals surface area contributed by atoms with Crippen molar-refractivity contribution >= 4 is 50.8 Å². The van der Waals surface area contributed by atoms with Crippen LogP contribution < -0.4 is 5.32 Å². The topological polar surface area (TPSA) is 128 Å². The van der Waals surface area contributed by atoms with Crippen LogP contribution in [0.3, 0.4) is 0 Å². The molecule has 1 aromatic heterocycles. The summed E-state index contributed by atoms with van der Waals surface area (Å²) < 4.78 is 45.0. The Balaban J connectivity index is 1.18. The van der Waals surface area contributed by atoms with Crippen molar-refractivity contribution in [3.63, 3.8) is 0 Å². The number of thiazole rings is 1. The second kappa shape index (κ2) is 14.3. The number of hydrogen-bond acceptors (Lipinski definition) is 10. The minimum Gasteiger partial charge on any atom is -0.466 e. The summed E-state index contributed by atoms with van der Waals surface area (Å²) in [6, 6.07) is 9.23. The van der Waals surface area contributed by atoms with E-state index < -0.39 is 27.9 Å². The van der Waals surface area contributed by atoms with Crippen molar-refractivity contribution in [3.05, 3.63) is 92.3 Å². The average molecular weight is 726 g/mol. The van der Waals surface area contributed by atoms with Gasteiger partial charge in [0, 0.05) is 80.2 Å². The lowest BCUT2D eigenvalue weighted by atomic mass is 9.95. The number of methoxy groups -OCH3 is 1. The van der Waals surface area contributed by atoms with E-state index in [1.165, 1.54) is 62.9 Å². The van der Waals surface area contributed by atoms with Crippen LogP contribution >= 0.6 is 22.9 Å². The average Bonchev–Trinajstić information content (AvgIpc) is 3.73. The lowest BCUT2D eigenvalue weighted by Gasteiger charge is -2.38. The molecule has 4 heterocycles. The van der Waals surface area contributed by atoms with E-state index >= 15 is 0 Å². The van der Waals surface area contributed by atoms with Gasteiger partial charge in [-0.15, -0.1) is 11.3 Å². The largest absolute Gasteiger partial charge is 0.466 e. The van der Waals surface area contributed by atoms with Gasteiger partial charge in [0.25, 0.3) is 0 Å². The fourth-order valence-electron chi connectivity index (χ4n) is 5.97. The molecule has 49 heavy (non-hydrogen) atoms. The Morgan fingerprint density at radius 3 is 2.63 bits per heavy atom.